The highest BCUT2D eigenvalue weighted by Gasteiger charge is 2.24. The molecule has 0 unspecified atom stereocenters. The van der Waals surface area contributed by atoms with Crippen molar-refractivity contribution in [2.45, 2.75) is 6.92 Å². The number of halogens is 1. The predicted octanol–water partition coefficient (Wildman–Crippen LogP) is 1.64. The van der Waals surface area contributed by atoms with Crippen molar-refractivity contribution >= 4 is 11.6 Å². The predicted molar refractivity (Wildman–Crippen MR) is 76.7 cm³/mol. The molecule has 0 radical (unpaired) electrons. The van der Waals surface area contributed by atoms with Crippen molar-refractivity contribution < 1.29 is 14.9 Å². The number of para-hydroxylation sites is 1. The lowest BCUT2D eigenvalue weighted by Crippen LogP contribution is -2.40. The first-order chi connectivity index (χ1) is 9.00. The summed E-state index contributed by atoms with van der Waals surface area (Å²) in [5.74, 6) is 0.671. The molecule has 1 rings (SSSR count). The molecule has 0 spiro atoms. The summed E-state index contributed by atoms with van der Waals surface area (Å²) in [5, 5.41) is 19.1. The molecule has 0 bridgehead atoms. The molecule has 0 aliphatic heterocycles. The van der Waals surface area contributed by atoms with Gasteiger partial charge in [0.2, 0.25) is 0 Å². The van der Waals surface area contributed by atoms with Crippen molar-refractivity contribution in [3.8, 4) is 5.75 Å². The summed E-state index contributed by atoms with van der Waals surface area (Å²) in [6.45, 7) is 3.57. The topological polar surface area (TPSA) is 52.9 Å². The highest BCUT2D eigenvalue weighted by molar-refractivity contribution is 6.32. The largest absolute Gasteiger partial charge is 0.491 e. The molecule has 1 aromatic carbocycles. The van der Waals surface area contributed by atoms with Crippen LogP contribution in [0.1, 0.15) is 6.92 Å². The molecule has 0 aromatic heterocycles. The molecular formula is C14H22ClNO3. The minimum Gasteiger partial charge on any atom is -0.491 e. The van der Waals surface area contributed by atoms with Crippen molar-refractivity contribution in [1.82, 2.24) is 4.90 Å². The van der Waals surface area contributed by atoms with Crippen molar-refractivity contribution in [2.75, 3.05) is 40.0 Å². The van der Waals surface area contributed by atoms with E-state index < -0.39 is 5.41 Å². The van der Waals surface area contributed by atoms with Crippen LogP contribution in [0.4, 0.5) is 0 Å². The summed E-state index contributed by atoms with van der Waals surface area (Å²) in [5.41, 5.74) is -0.487. The van der Waals surface area contributed by atoms with Gasteiger partial charge in [-0.3, -0.25) is 0 Å². The van der Waals surface area contributed by atoms with Crippen LogP contribution in [0, 0.1) is 5.41 Å². The molecule has 0 fully saturated rings. The van der Waals surface area contributed by atoms with Crippen LogP contribution >= 0.6 is 11.6 Å². The van der Waals surface area contributed by atoms with Crippen LogP contribution in [0.25, 0.3) is 0 Å². The van der Waals surface area contributed by atoms with E-state index in [-0.39, 0.29) is 13.2 Å². The van der Waals surface area contributed by atoms with Crippen LogP contribution in [0.3, 0.4) is 0 Å². The van der Waals surface area contributed by atoms with Gasteiger partial charge >= 0.3 is 0 Å². The monoisotopic (exact) mass is 287 g/mol. The molecule has 2 N–H and O–H groups in total. The maximum atomic E-state index is 9.24. The SMILES string of the molecule is CN(CCOc1ccccc1Cl)CC(C)(CO)CO. The Morgan fingerprint density at radius 2 is 1.89 bits per heavy atom. The van der Waals surface area contributed by atoms with Gasteiger partial charge in [0.1, 0.15) is 12.4 Å². The first-order valence-corrected chi connectivity index (χ1v) is 6.66. The normalized spacial score (nSPS) is 11.9. The number of aliphatic hydroxyl groups is 2. The van der Waals surface area contributed by atoms with Crippen LogP contribution < -0.4 is 4.74 Å². The fourth-order valence-corrected chi connectivity index (χ4v) is 1.94. The maximum Gasteiger partial charge on any atom is 0.137 e. The standard InChI is InChI=1S/C14H22ClNO3/c1-14(10-17,11-18)9-16(2)7-8-19-13-6-4-3-5-12(13)15/h3-6,17-18H,7-11H2,1-2H3. The molecule has 5 heteroatoms. The van der Waals surface area contributed by atoms with Gasteiger partial charge in [0.25, 0.3) is 0 Å². The van der Waals surface area contributed by atoms with Gasteiger partial charge in [-0.25, -0.2) is 0 Å². The molecule has 108 valence electrons. The first-order valence-electron chi connectivity index (χ1n) is 6.28. The second kappa shape index (κ2) is 7.70. The second-order valence-corrected chi connectivity index (χ2v) is 5.55. The van der Waals surface area contributed by atoms with Gasteiger partial charge < -0.3 is 19.8 Å². The van der Waals surface area contributed by atoms with Gasteiger partial charge in [0.05, 0.1) is 18.2 Å². The van der Waals surface area contributed by atoms with Crippen LogP contribution in [0.2, 0.25) is 5.02 Å². The highest BCUT2D eigenvalue weighted by atomic mass is 35.5. The van der Waals surface area contributed by atoms with Crippen LogP contribution in [0.5, 0.6) is 5.75 Å². The van der Waals surface area contributed by atoms with Gasteiger partial charge in [0.15, 0.2) is 0 Å². The Hall–Kier alpha value is -0.810. The number of ether oxygens (including phenoxy) is 1. The van der Waals surface area contributed by atoms with E-state index in [0.717, 1.165) is 0 Å². The van der Waals surface area contributed by atoms with Crippen LogP contribution in [0.15, 0.2) is 24.3 Å². The lowest BCUT2D eigenvalue weighted by molar-refractivity contribution is 0.0391. The van der Waals surface area contributed by atoms with E-state index in [1.165, 1.54) is 0 Å². The molecule has 4 nitrogen and oxygen atoms in total. The Morgan fingerprint density at radius 3 is 2.47 bits per heavy atom. The Morgan fingerprint density at radius 1 is 1.26 bits per heavy atom. The summed E-state index contributed by atoms with van der Waals surface area (Å²) < 4.78 is 5.59. The summed E-state index contributed by atoms with van der Waals surface area (Å²) in [4.78, 5) is 2.02. The van der Waals surface area contributed by atoms with Gasteiger partial charge in [0, 0.05) is 18.5 Å². The van der Waals surface area contributed by atoms with E-state index in [0.29, 0.717) is 30.5 Å². The zero-order valence-electron chi connectivity index (χ0n) is 11.5. The van der Waals surface area contributed by atoms with E-state index in [1.807, 2.05) is 37.1 Å². The molecule has 1 aromatic rings. The fourth-order valence-electron chi connectivity index (χ4n) is 1.75. The van der Waals surface area contributed by atoms with Gasteiger partial charge in [-0.05, 0) is 19.2 Å². The minimum absolute atomic E-state index is 0.0424. The number of hydrogen-bond donors (Lipinski definition) is 2. The summed E-state index contributed by atoms with van der Waals surface area (Å²) >= 11 is 5.99. The zero-order chi connectivity index (χ0) is 14.3. The van der Waals surface area contributed by atoms with Crippen molar-refractivity contribution in [1.29, 1.82) is 0 Å². The zero-order valence-corrected chi connectivity index (χ0v) is 12.2. The second-order valence-electron chi connectivity index (χ2n) is 5.14. The van der Waals surface area contributed by atoms with Gasteiger partial charge in [-0.1, -0.05) is 30.7 Å². The molecular weight excluding hydrogens is 266 g/mol. The molecule has 0 atom stereocenters. The fraction of sp³-hybridized carbons (Fsp3) is 0.571. The van der Waals surface area contributed by atoms with Crippen molar-refractivity contribution in [3.63, 3.8) is 0 Å². The number of benzene rings is 1. The van der Waals surface area contributed by atoms with Crippen molar-refractivity contribution in [2.24, 2.45) is 5.41 Å². The minimum atomic E-state index is -0.487. The molecule has 0 aliphatic carbocycles. The third-order valence-corrected chi connectivity index (χ3v) is 3.29. The molecule has 0 amide bonds. The lowest BCUT2D eigenvalue weighted by Gasteiger charge is -2.30. The first kappa shape index (κ1) is 16.2. The summed E-state index contributed by atoms with van der Waals surface area (Å²) in [7, 11) is 1.93. The van der Waals surface area contributed by atoms with Gasteiger partial charge in [-0.15, -0.1) is 0 Å². The molecule has 0 saturated heterocycles. The third kappa shape index (κ3) is 5.37. The smallest absolute Gasteiger partial charge is 0.137 e. The molecule has 0 saturated carbocycles. The average molecular weight is 288 g/mol. The number of likely N-dealkylation sites (N-methyl/N-ethyl adjacent to an activating group) is 1. The average Bonchev–Trinajstić information content (AvgIpc) is 2.41. The van der Waals surface area contributed by atoms with Crippen molar-refractivity contribution in [3.05, 3.63) is 29.3 Å². The van der Waals surface area contributed by atoms with E-state index in [4.69, 9.17) is 16.3 Å². The quantitative estimate of drug-likeness (QED) is 0.763. The van der Waals surface area contributed by atoms with Crippen LogP contribution in [-0.2, 0) is 0 Å². The van der Waals surface area contributed by atoms with E-state index in [2.05, 4.69) is 0 Å². The summed E-state index contributed by atoms with van der Waals surface area (Å²) in [6, 6.07) is 7.35. The summed E-state index contributed by atoms with van der Waals surface area (Å²) in [6.07, 6.45) is 0. The number of nitrogens with zero attached hydrogens (tertiary/aromatic N) is 1. The Kier molecular flexibility index (Phi) is 6.58. The van der Waals surface area contributed by atoms with Gasteiger partial charge in [-0.2, -0.15) is 0 Å². The van der Waals surface area contributed by atoms with Crippen LogP contribution in [-0.4, -0.2) is 55.1 Å². The molecule has 0 heterocycles. The Balaban J connectivity index is 2.35. The maximum absolute atomic E-state index is 9.24. The Labute approximate surface area is 119 Å². The number of aliphatic hydroxyl groups excluding tert-OH is 2. The lowest BCUT2D eigenvalue weighted by atomic mass is 9.92. The molecule has 19 heavy (non-hydrogen) atoms. The van der Waals surface area contributed by atoms with E-state index in [1.54, 1.807) is 6.07 Å². The Bertz CT molecular complexity index is 383. The number of rotatable bonds is 8. The van der Waals surface area contributed by atoms with E-state index >= 15 is 0 Å². The number of hydrogen-bond acceptors (Lipinski definition) is 4. The third-order valence-electron chi connectivity index (χ3n) is 2.98. The van der Waals surface area contributed by atoms with E-state index in [9.17, 15) is 10.2 Å². The highest BCUT2D eigenvalue weighted by Crippen LogP contribution is 2.23. The molecule has 0 aliphatic rings.